The van der Waals surface area contributed by atoms with Crippen LogP contribution in [-0.2, 0) is 17.9 Å². The van der Waals surface area contributed by atoms with Gasteiger partial charge in [0.1, 0.15) is 17.6 Å². The van der Waals surface area contributed by atoms with Crippen molar-refractivity contribution in [3.05, 3.63) is 53.1 Å². The van der Waals surface area contributed by atoms with Crippen molar-refractivity contribution in [3.8, 4) is 0 Å². The Morgan fingerprint density at radius 2 is 1.83 bits per heavy atom. The highest BCUT2D eigenvalue weighted by Crippen LogP contribution is 2.17. The van der Waals surface area contributed by atoms with Crippen LogP contribution in [0.25, 0.3) is 0 Å². The summed E-state index contributed by atoms with van der Waals surface area (Å²) in [6.07, 6.45) is 0.676. The van der Waals surface area contributed by atoms with E-state index in [2.05, 4.69) is 15.7 Å². The maximum Gasteiger partial charge on any atom is 0.272 e. The van der Waals surface area contributed by atoms with E-state index in [9.17, 15) is 18.8 Å². The van der Waals surface area contributed by atoms with Gasteiger partial charge in [0.15, 0.2) is 5.69 Å². The molecule has 0 fully saturated rings. The number of carbonyl (C=O) groups excluding carboxylic acids is 3. The summed E-state index contributed by atoms with van der Waals surface area (Å²) in [7, 11) is 0. The SMILES string of the molecule is CC(C)NC(=O)[C@@H](C)NC(=O)c1cc2n(n1)CCCN(Cc1ccc(F)cc1)C2=O. The second-order valence-corrected chi connectivity index (χ2v) is 7.70. The average molecular weight is 415 g/mol. The number of fused-ring (bicyclic) bond motifs is 1. The first-order valence-corrected chi connectivity index (χ1v) is 9.97. The quantitative estimate of drug-likeness (QED) is 0.751. The molecular weight excluding hydrogens is 389 g/mol. The standard InChI is InChI=1S/C21H26FN5O3/c1-13(2)23-19(28)14(3)24-20(29)17-11-18-21(30)26(9-4-10-27(18)25-17)12-15-5-7-16(22)8-6-15/h5-8,11,13-14H,4,9-10,12H2,1-3H3,(H,23,28)(H,24,29)/t14-/m1/s1. The van der Waals surface area contributed by atoms with Gasteiger partial charge in [-0.25, -0.2) is 4.39 Å². The Labute approximate surface area is 174 Å². The summed E-state index contributed by atoms with van der Waals surface area (Å²) in [5.74, 6) is -1.37. The molecule has 0 bridgehead atoms. The second kappa shape index (κ2) is 9.06. The lowest BCUT2D eigenvalue weighted by atomic mass is 10.2. The molecule has 9 heteroatoms. The zero-order valence-electron chi connectivity index (χ0n) is 17.3. The van der Waals surface area contributed by atoms with Crippen molar-refractivity contribution in [2.45, 2.75) is 52.4 Å². The Morgan fingerprint density at radius 3 is 2.50 bits per heavy atom. The van der Waals surface area contributed by atoms with Gasteiger partial charge in [-0.1, -0.05) is 12.1 Å². The fraction of sp³-hybridized carbons (Fsp3) is 0.429. The summed E-state index contributed by atoms with van der Waals surface area (Å²) in [5, 5.41) is 9.61. The average Bonchev–Trinajstić information content (AvgIpc) is 3.06. The van der Waals surface area contributed by atoms with Crippen molar-refractivity contribution in [3.63, 3.8) is 0 Å². The van der Waals surface area contributed by atoms with E-state index >= 15 is 0 Å². The van der Waals surface area contributed by atoms with Crippen LogP contribution in [-0.4, -0.2) is 51.0 Å². The molecule has 0 saturated carbocycles. The molecule has 0 aliphatic carbocycles. The van der Waals surface area contributed by atoms with Crippen LogP contribution < -0.4 is 10.6 Å². The molecule has 8 nitrogen and oxygen atoms in total. The Morgan fingerprint density at radius 1 is 1.13 bits per heavy atom. The first kappa shape index (κ1) is 21.5. The highest BCUT2D eigenvalue weighted by Gasteiger charge is 2.27. The number of rotatable bonds is 6. The van der Waals surface area contributed by atoms with Gasteiger partial charge in [-0.3, -0.25) is 19.1 Å². The molecule has 1 aliphatic rings. The molecule has 2 heterocycles. The van der Waals surface area contributed by atoms with Gasteiger partial charge in [0.25, 0.3) is 11.8 Å². The summed E-state index contributed by atoms with van der Waals surface area (Å²) >= 11 is 0. The third kappa shape index (κ3) is 5.03. The second-order valence-electron chi connectivity index (χ2n) is 7.70. The number of amides is 3. The van der Waals surface area contributed by atoms with E-state index in [1.165, 1.54) is 22.9 Å². The van der Waals surface area contributed by atoms with Gasteiger partial charge in [-0.2, -0.15) is 5.10 Å². The van der Waals surface area contributed by atoms with E-state index in [0.29, 0.717) is 31.7 Å². The lowest BCUT2D eigenvalue weighted by molar-refractivity contribution is -0.123. The normalized spacial score (nSPS) is 14.8. The number of halogens is 1. The molecule has 1 aromatic heterocycles. The van der Waals surface area contributed by atoms with Crippen LogP contribution in [0.4, 0.5) is 4.39 Å². The monoisotopic (exact) mass is 415 g/mol. The van der Waals surface area contributed by atoms with Crippen molar-refractivity contribution in [2.75, 3.05) is 6.54 Å². The number of hydrogen-bond acceptors (Lipinski definition) is 4. The summed E-state index contributed by atoms with van der Waals surface area (Å²) < 4.78 is 14.7. The molecular formula is C21H26FN5O3. The van der Waals surface area contributed by atoms with Crippen molar-refractivity contribution >= 4 is 17.7 Å². The number of aromatic nitrogens is 2. The van der Waals surface area contributed by atoms with Crippen molar-refractivity contribution in [2.24, 2.45) is 0 Å². The van der Waals surface area contributed by atoms with E-state index in [0.717, 1.165) is 5.56 Å². The molecule has 160 valence electrons. The first-order valence-electron chi connectivity index (χ1n) is 9.97. The molecule has 0 radical (unpaired) electrons. The van der Waals surface area contributed by atoms with E-state index in [-0.39, 0.29) is 29.4 Å². The topological polar surface area (TPSA) is 96.3 Å². The lowest BCUT2D eigenvalue weighted by Gasteiger charge is -2.20. The summed E-state index contributed by atoms with van der Waals surface area (Å²) in [6.45, 7) is 6.64. The van der Waals surface area contributed by atoms with Crippen LogP contribution in [0.3, 0.4) is 0 Å². The van der Waals surface area contributed by atoms with Gasteiger partial charge in [0.05, 0.1) is 0 Å². The molecule has 3 rings (SSSR count). The van der Waals surface area contributed by atoms with Crippen LogP contribution in [0.1, 0.15) is 53.7 Å². The van der Waals surface area contributed by atoms with Gasteiger partial charge in [0.2, 0.25) is 5.91 Å². The smallest absolute Gasteiger partial charge is 0.272 e. The lowest BCUT2D eigenvalue weighted by Crippen LogP contribution is -2.46. The van der Waals surface area contributed by atoms with Crippen LogP contribution in [0.15, 0.2) is 30.3 Å². The third-order valence-electron chi connectivity index (χ3n) is 4.78. The molecule has 30 heavy (non-hydrogen) atoms. The van der Waals surface area contributed by atoms with Gasteiger partial charge >= 0.3 is 0 Å². The van der Waals surface area contributed by atoms with Gasteiger partial charge in [-0.05, 0) is 44.9 Å². The van der Waals surface area contributed by atoms with Gasteiger partial charge < -0.3 is 15.5 Å². The Hall–Kier alpha value is -3.23. The number of benzene rings is 1. The predicted octanol–water partition coefficient (Wildman–Crippen LogP) is 1.71. The highest BCUT2D eigenvalue weighted by atomic mass is 19.1. The van der Waals surface area contributed by atoms with Crippen LogP contribution in [0.5, 0.6) is 0 Å². The molecule has 2 aromatic rings. The summed E-state index contributed by atoms with van der Waals surface area (Å²) in [5.41, 5.74) is 1.23. The number of carbonyl (C=O) groups is 3. The zero-order valence-corrected chi connectivity index (χ0v) is 17.3. The van der Waals surface area contributed by atoms with Crippen LogP contribution >= 0.6 is 0 Å². The Bertz CT molecular complexity index is 939. The number of nitrogens with one attached hydrogen (secondary N) is 2. The minimum absolute atomic E-state index is 0.0368. The Kier molecular flexibility index (Phi) is 6.49. The molecule has 0 spiro atoms. The van der Waals surface area contributed by atoms with Crippen LogP contribution in [0, 0.1) is 5.82 Å². The molecule has 1 atom stereocenters. The molecule has 1 aromatic carbocycles. The molecule has 3 amide bonds. The predicted molar refractivity (Wildman–Crippen MR) is 108 cm³/mol. The van der Waals surface area contributed by atoms with E-state index in [4.69, 9.17) is 0 Å². The van der Waals surface area contributed by atoms with E-state index < -0.39 is 11.9 Å². The van der Waals surface area contributed by atoms with Crippen molar-refractivity contribution < 1.29 is 18.8 Å². The Balaban J connectivity index is 1.71. The molecule has 2 N–H and O–H groups in total. The number of aryl methyl sites for hydroxylation is 1. The molecule has 0 saturated heterocycles. The zero-order chi connectivity index (χ0) is 21.8. The van der Waals surface area contributed by atoms with E-state index in [1.54, 1.807) is 24.0 Å². The fourth-order valence-electron chi connectivity index (χ4n) is 3.25. The third-order valence-corrected chi connectivity index (χ3v) is 4.78. The maximum atomic E-state index is 13.1. The summed E-state index contributed by atoms with van der Waals surface area (Å²) in [6, 6.07) is 6.70. The number of nitrogens with zero attached hydrogens (tertiary/aromatic N) is 3. The number of hydrogen-bond donors (Lipinski definition) is 2. The molecule has 0 unspecified atom stereocenters. The fourth-order valence-corrected chi connectivity index (χ4v) is 3.25. The highest BCUT2D eigenvalue weighted by molar-refractivity contribution is 5.99. The molecule has 1 aliphatic heterocycles. The van der Waals surface area contributed by atoms with Crippen LogP contribution in [0.2, 0.25) is 0 Å². The van der Waals surface area contributed by atoms with Gasteiger partial charge in [0, 0.05) is 31.7 Å². The summed E-state index contributed by atoms with van der Waals surface area (Å²) in [4.78, 5) is 39.2. The van der Waals surface area contributed by atoms with Gasteiger partial charge in [-0.15, -0.1) is 0 Å². The van der Waals surface area contributed by atoms with E-state index in [1.807, 2.05) is 13.8 Å². The van der Waals surface area contributed by atoms with Crippen molar-refractivity contribution in [1.82, 2.24) is 25.3 Å². The maximum absolute atomic E-state index is 13.1. The first-order chi connectivity index (χ1) is 14.2. The minimum Gasteiger partial charge on any atom is -0.352 e. The van der Waals surface area contributed by atoms with Crippen molar-refractivity contribution in [1.29, 1.82) is 0 Å². The minimum atomic E-state index is -0.730. The largest absolute Gasteiger partial charge is 0.352 e.